The first-order chi connectivity index (χ1) is 8.60. The second-order valence-electron chi connectivity index (χ2n) is 4.22. The van der Waals surface area contributed by atoms with Gasteiger partial charge in [-0.2, -0.15) is 0 Å². The number of Topliss-reactive ketones (excluding diaryl/α,β-unsaturated/α-hetero) is 1. The summed E-state index contributed by atoms with van der Waals surface area (Å²) in [6.07, 6.45) is 4.28. The standard InChI is InChI=1S/C10H17NO3.4FH.K.Zr.H/c1-8(12)10(14-9(13)7-11)5-3-2-4-6-10;;;;;;;/h2-7,11H2,1H3;4*1H;;;/q;;;;;+1;+4;-1/p-4. The number of esters is 1. The second kappa shape index (κ2) is 11.0. The zero-order chi connectivity index (χ0) is 15.1. The van der Waals surface area contributed by atoms with E-state index in [1.54, 1.807) is 0 Å². The molecule has 4 nitrogen and oxygen atoms in total. The Morgan fingerprint density at radius 3 is 1.90 bits per heavy atom. The maximum atomic E-state index is 11.5. The predicted octanol–water partition coefficient (Wildman–Crippen LogP) is -0.425. The van der Waals surface area contributed by atoms with Gasteiger partial charge in [0, 0.05) is 0 Å². The van der Waals surface area contributed by atoms with Gasteiger partial charge in [0.05, 0.1) is 6.54 Å². The third-order valence-electron chi connectivity index (χ3n) is 2.78. The Morgan fingerprint density at radius 1 is 1.20 bits per heavy atom. The van der Waals surface area contributed by atoms with E-state index >= 15 is 0 Å². The fourth-order valence-electron chi connectivity index (χ4n) is 1.91. The second-order valence-corrected chi connectivity index (χ2v) is 6.32. The van der Waals surface area contributed by atoms with Crippen LogP contribution in [0.25, 0.3) is 0 Å². The molecule has 0 aromatic carbocycles. The number of halogens is 4. The molecule has 0 heterocycles. The van der Waals surface area contributed by atoms with Crippen LogP contribution < -0.4 is 57.1 Å². The minimum atomic E-state index is -7.18. The van der Waals surface area contributed by atoms with Gasteiger partial charge in [0.15, 0.2) is 11.4 Å². The Kier molecular flexibility index (Phi) is 12.9. The van der Waals surface area contributed by atoms with Crippen molar-refractivity contribution in [3.63, 3.8) is 0 Å². The molecule has 1 aliphatic carbocycles. The smallest absolute Gasteiger partial charge is 1.00 e. The molecule has 10 heteroatoms. The average molecular weight is 407 g/mol. The van der Waals surface area contributed by atoms with Gasteiger partial charge in [0.25, 0.3) is 0 Å². The molecule has 0 aromatic rings. The van der Waals surface area contributed by atoms with Crippen LogP contribution in [0.5, 0.6) is 0 Å². The van der Waals surface area contributed by atoms with Crippen molar-refractivity contribution in [2.45, 2.75) is 44.6 Å². The molecule has 20 heavy (non-hydrogen) atoms. The summed E-state index contributed by atoms with van der Waals surface area (Å²) >= 11 is -7.18. The van der Waals surface area contributed by atoms with Crippen molar-refractivity contribution >= 4 is 11.8 Å². The van der Waals surface area contributed by atoms with E-state index in [0.717, 1.165) is 19.3 Å². The predicted molar refractivity (Wildman–Crippen MR) is 57.2 cm³/mol. The molecule has 0 saturated heterocycles. The molecule has 1 aliphatic rings. The van der Waals surface area contributed by atoms with Crippen molar-refractivity contribution in [1.29, 1.82) is 0 Å². The summed E-state index contributed by atoms with van der Waals surface area (Å²) in [5.41, 5.74) is 4.30. The number of hydrogen-bond donors (Lipinski definition) is 1. The minimum Gasteiger partial charge on any atom is -1.00 e. The molecule has 114 valence electrons. The third kappa shape index (κ3) is 11.0. The van der Waals surface area contributed by atoms with Crippen molar-refractivity contribution in [3.8, 4) is 0 Å². The Hall–Kier alpha value is 1.34. The number of rotatable bonds is 3. The van der Waals surface area contributed by atoms with Crippen LogP contribution in [0.4, 0.5) is 10.5 Å². The zero-order valence-electron chi connectivity index (χ0n) is 12.6. The fraction of sp³-hybridized carbons (Fsp3) is 0.800. The van der Waals surface area contributed by atoms with Gasteiger partial charge in [-0.25, -0.2) is 0 Å². The molecular weight excluding hydrogens is 388 g/mol. The van der Waals surface area contributed by atoms with Crippen LogP contribution in [0, 0.1) is 0 Å². The van der Waals surface area contributed by atoms with E-state index in [9.17, 15) is 20.1 Å². The molecule has 0 aromatic heterocycles. The molecule has 0 aliphatic heterocycles. The van der Waals surface area contributed by atoms with Crippen molar-refractivity contribution in [2.24, 2.45) is 5.73 Å². The molecule has 0 spiro atoms. The summed E-state index contributed by atoms with van der Waals surface area (Å²) in [5.74, 6) is -0.541. The maximum Gasteiger partial charge on any atom is 1.00 e. The van der Waals surface area contributed by atoms with Gasteiger partial charge < -0.3 is 11.9 Å². The summed E-state index contributed by atoms with van der Waals surface area (Å²) in [6.45, 7) is 1.32. The molecule has 1 rings (SSSR count). The Labute approximate surface area is 167 Å². The minimum absolute atomic E-state index is 0. The van der Waals surface area contributed by atoms with Gasteiger partial charge >= 0.3 is 90.6 Å². The summed E-state index contributed by atoms with van der Waals surface area (Å²) in [7, 11) is 0. The van der Waals surface area contributed by atoms with Gasteiger partial charge in [-0.3, -0.25) is 9.59 Å². The van der Waals surface area contributed by atoms with Crippen molar-refractivity contribution in [2.75, 3.05) is 6.54 Å². The number of nitrogens with two attached hydrogens (primary N) is 1. The maximum absolute atomic E-state index is 11.5. The van der Waals surface area contributed by atoms with Gasteiger partial charge in [-0.05, 0) is 32.6 Å². The third-order valence-corrected chi connectivity index (χ3v) is 2.78. The molecule has 0 bridgehead atoms. The van der Waals surface area contributed by atoms with Crippen LogP contribution in [0.1, 0.15) is 40.5 Å². The molecule has 0 atom stereocenters. The van der Waals surface area contributed by atoms with Crippen LogP contribution >= 0.6 is 0 Å². The summed E-state index contributed by atoms with van der Waals surface area (Å²) in [6, 6.07) is 0. The first-order valence-electron chi connectivity index (χ1n) is 5.79. The van der Waals surface area contributed by atoms with Crippen LogP contribution in [-0.2, 0) is 37.0 Å². The molecule has 1 fully saturated rings. The SMILES string of the molecule is CC(=O)C1(OC(=O)CN)CCCCC1.[F][Zr]([F])([F])[F].[H-].[K+]. The van der Waals surface area contributed by atoms with Crippen LogP contribution in [0.2, 0.25) is 0 Å². The monoisotopic (exact) mass is 405 g/mol. The van der Waals surface area contributed by atoms with Gasteiger partial charge in [-0.15, -0.1) is 0 Å². The van der Waals surface area contributed by atoms with E-state index in [4.69, 9.17) is 10.5 Å². The largest absolute Gasteiger partial charge is 1.00 e. The molecule has 0 unspecified atom stereocenters. The quantitative estimate of drug-likeness (QED) is 0.393. The van der Waals surface area contributed by atoms with E-state index in [-0.39, 0.29) is 65.1 Å². The first kappa shape index (κ1) is 23.6. The summed E-state index contributed by atoms with van der Waals surface area (Å²) < 4.78 is 44.8. The molecule has 0 amide bonds. The van der Waals surface area contributed by atoms with E-state index in [1.165, 1.54) is 6.92 Å². The fourth-order valence-corrected chi connectivity index (χ4v) is 1.91. The molecule has 0 radical (unpaired) electrons. The van der Waals surface area contributed by atoms with Crippen molar-refractivity contribution < 1.29 is 100 Å². The van der Waals surface area contributed by atoms with Gasteiger partial charge in [-0.1, -0.05) is 6.42 Å². The summed E-state index contributed by atoms with van der Waals surface area (Å²) in [5, 5.41) is 0. The number of carbonyl (C=O) groups excluding carboxylic acids is 2. The van der Waals surface area contributed by atoms with Gasteiger partial charge in [0.1, 0.15) is 0 Å². The van der Waals surface area contributed by atoms with Gasteiger partial charge in [0.2, 0.25) is 0 Å². The van der Waals surface area contributed by atoms with Crippen LogP contribution in [-0.4, -0.2) is 23.9 Å². The number of ketones is 1. The van der Waals surface area contributed by atoms with Crippen molar-refractivity contribution in [1.82, 2.24) is 0 Å². The van der Waals surface area contributed by atoms with Crippen LogP contribution in [0.3, 0.4) is 0 Å². The van der Waals surface area contributed by atoms with E-state index in [0.29, 0.717) is 12.8 Å². The molecule has 1 saturated carbocycles. The number of ether oxygens (including phenoxy) is 1. The Morgan fingerprint density at radius 2 is 1.60 bits per heavy atom. The zero-order valence-corrected chi connectivity index (χ0v) is 17.1. The van der Waals surface area contributed by atoms with Crippen LogP contribution in [0.15, 0.2) is 0 Å². The van der Waals surface area contributed by atoms with E-state index in [2.05, 4.69) is 0 Å². The number of hydrogen-bond acceptors (Lipinski definition) is 4. The Balaban J connectivity index is -0.000000405. The normalized spacial score (nSPS) is 17.1. The number of carbonyl (C=O) groups is 2. The average Bonchev–Trinajstić information content (AvgIpc) is 2.27. The topological polar surface area (TPSA) is 69.4 Å². The Bertz CT molecular complexity index is 322. The molecule has 2 N–H and O–H groups in total. The van der Waals surface area contributed by atoms with Crippen molar-refractivity contribution in [3.05, 3.63) is 0 Å². The molecular formula is C10H18F4KNO3Zr. The first-order valence-corrected chi connectivity index (χ1v) is 9.51. The van der Waals surface area contributed by atoms with E-state index in [1.807, 2.05) is 0 Å². The summed E-state index contributed by atoms with van der Waals surface area (Å²) in [4.78, 5) is 22.5. The van der Waals surface area contributed by atoms with E-state index < -0.39 is 34.3 Å².